The summed E-state index contributed by atoms with van der Waals surface area (Å²) in [5.74, 6) is 0.439. The van der Waals surface area contributed by atoms with Gasteiger partial charge in [-0.05, 0) is 25.3 Å². The average molecular weight is 285 g/mol. The lowest BCUT2D eigenvalue weighted by molar-refractivity contribution is -0.384. The Balaban J connectivity index is 2.14. The fraction of sp³-hybridized carbons (Fsp3) is 0.545. The molecule has 0 radical (unpaired) electrons. The van der Waals surface area contributed by atoms with Gasteiger partial charge in [0.15, 0.2) is 0 Å². The van der Waals surface area contributed by atoms with Crippen molar-refractivity contribution in [2.45, 2.75) is 25.8 Å². The molecule has 0 aliphatic carbocycles. The van der Waals surface area contributed by atoms with Gasteiger partial charge in [0.25, 0.3) is 0 Å². The minimum atomic E-state index is -2.94. The first-order valence-electron chi connectivity index (χ1n) is 5.95. The molecule has 0 atom stereocenters. The maximum atomic E-state index is 11.3. The molecule has 8 heteroatoms. The summed E-state index contributed by atoms with van der Waals surface area (Å²) >= 11 is 0. The molecule has 1 aromatic heterocycles. The first-order valence-corrected chi connectivity index (χ1v) is 7.77. The second kappa shape index (κ2) is 5.12. The minimum Gasteiger partial charge on any atom is -0.362 e. The summed E-state index contributed by atoms with van der Waals surface area (Å²) in [6.07, 6.45) is 2.46. The third-order valence-electron chi connectivity index (χ3n) is 3.10. The highest BCUT2D eigenvalue weighted by molar-refractivity contribution is 7.91. The number of aryl methyl sites for hydroxylation is 1. The third-order valence-corrected chi connectivity index (χ3v) is 4.81. The van der Waals surface area contributed by atoms with E-state index in [9.17, 15) is 18.5 Å². The summed E-state index contributed by atoms with van der Waals surface area (Å²) in [6.45, 7) is 1.73. The molecular weight excluding hydrogens is 270 g/mol. The van der Waals surface area contributed by atoms with Crippen molar-refractivity contribution in [1.82, 2.24) is 4.98 Å². The van der Waals surface area contributed by atoms with E-state index in [2.05, 4.69) is 10.3 Å². The smallest absolute Gasteiger partial charge is 0.311 e. The Hall–Kier alpha value is -1.70. The summed E-state index contributed by atoms with van der Waals surface area (Å²) in [7, 11) is -2.94. The van der Waals surface area contributed by atoms with E-state index in [1.807, 2.05) is 0 Å². The normalized spacial score (nSPS) is 19.0. The van der Waals surface area contributed by atoms with Gasteiger partial charge in [0.2, 0.25) is 5.82 Å². The summed E-state index contributed by atoms with van der Waals surface area (Å²) in [5.41, 5.74) is 0.636. The van der Waals surface area contributed by atoms with Crippen molar-refractivity contribution in [3.8, 4) is 0 Å². The number of hydrogen-bond donors (Lipinski definition) is 1. The molecular formula is C11H15N3O4S. The van der Waals surface area contributed by atoms with Crippen LogP contribution in [0.1, 0.15) is 18.4 Å². The summed E-state index contributed by atoms with van der Waals surface area (Å²) < 4.78 is 22.6. The predicted octanol–water partition coefficient (Wildman–Crippen LogP) is 1.29. The molecule has 7 nitrogen and oxygen atoms in total. The Kier molecular flexibility index (Phi) is 3.70. The number of sulfone groups is 1. The first-order chi connectivity index (χ1) is 8.87. The predicted molar refractivity (Wildman–Crippen MR) is 70.9 cm³/mol. The maximum absolute atomic E-state index is 11.3. The van der Waals surface area contributed by atoms with E-state index in [1.165, 1.54) is 6.07 Å². The van der Waals surface area contributed by atoms with E-state index in [0.717, 1.165) is 0 Å². The van der Waals surface area contributed by atoms with Crippen LogP contribution in [-0.4, -0.2) is 35.9 Å². The molecule has 0 spiro atoms. The second-order valence-corrected chi connectivity index (χ2v) is 7.01. The first kappa shape index (κ1) is 13.7. The van der Waals surface area contributed by atoms with Gasteiger partial charge in [0.1, 0.15) is 9.84 Å². The number of hydrogen-bond acceptors (Lipinski definition) is 6. The van der Waals surface area contributed by atoms with Crippen LogP contribution in [0.5, 0.6) is 0 Å². The van der Waals surface area contributed by atoms with Crippen molar-refractivity contribution in [3.05, 3.63) is 27.9 Å². The monoisotopic (exact) mass is 285 g/mol. The van der Waals surface area contributed by atoms with E-state index >= 15 is 0 Å². The summed E-state index contributed by atoms with van der Waals surface area (Å²) in [6, 6.07) is 1.37. The van der Waals surface area contributed by atoms with Gasteiger partial charge >= 0.3 is 5.69 Å². The highest BCUT2D eigenvalue weighted by atomic mass is 32.2. The van der Waals surface area contributed by atoms with Gasteiger partial charge in [-0.25, -0.2) is 13.4 Å². The molecule has 0 aromatic carbocycles. The number of anilines is 1. The molecule has 19 heavy (non-hydrogen) atoms. The number of pyridine rings is 1. The van der Waals surface area contributed by atoms with Crippen LogP contribution in [0.15, 0.2) is 12.3 Å². The number of rotatable bonds is 3. The standard InChI is InChI=1S/C11H15N3O4S/c1-8-6-10(14(15)16)11(12-7-8)13-9-2-4-19(17,18)5-3-9/h6-7,9H,2-5H2,1H3,(H,12,13). The van der Waals surface area contributed by atoms with Crippen LogP contribution in [0.4, 0.5) is 11.5 Å². The second-order valence-electron chi connectivity index (χ2n) is 4.71. The quantitative estimate of drug-likeness (QED) is 0.663. The minimum absolute atomic E-state index is 0.0755. The molecule has 1 fully saturated rings. The van der Waals surface area contributed by atoms with Gasteiger partial charge in [0.05, 0.1) is 16.4 Å². The van der Waals surface area contributed by atoms with Gasteiger partial charge < -0.3 is 5.32 Å². The molecule has 0 unspecified atom stereocenters. The van der Waals surface area contributed by atoms with Crippen molar-refractivity contribution in [1.29, 1.82) is 0 Å². The Bertz CT molecular complexity index is 586. The van der Waals surface area contributed by atoms with E-state index in [1.54, 1.807) is 13.1 Å². The molecule has 0 bridgehead atoms. The lowest BCUT2D eigenvalue weighted by Gasteiger charge is -2.23. The molecule has 1 aliphatic rings. The fourth-order valence-electron chi connectivity index (χ4n) is 2.03. The topological polar surface area (TPSA) is 102 Å². The van der Waals surface area contributed by atoms with Crippen molar-refractivity contribution < 1.29 is 13.3 Å². The number of nitro groups is 1. The molecule has 2 rings (SSSR count). The Morgan fingerprint density at radius 1 is 1.42 bits per heavy atom. The van der Waals surface area contributed by atoms with Crippen LogP contribution in [0.25, 0.3) is 0 Å². The highest BCUT2D eigenvalue weighted by Crippen LogP contribution is 2.25. The van der Waals surface area contributed by atoms with Gasteiger partial charge in [-0.1, -0.05) is 0 Å². The van der Waals surface area contributed by atoms with Crippen LogP contribution in [0.2, 0.25) is 0 Å². The zero-order chi connectivity index (χ0) is 14.0. The Morgan fingerprint density at radius 3 is 2.63 bits per heavy atom. The molecule has 1 aliphatic heterocycles. The van der Waals surface area contributed by atoms with E-state index < -0.39 is 14.8 Å². The van der Waals surface area contributed by atoms with Crippen molar-refractivity contribution in [3.63, 3.8) is 0 Å². The lowest BCUT2D eigenvalue weighted by atomic mass is 10.1. The Morgan fingerprint density at radius 2 is 2.05 bits per heavy atom. The van der Waals surface area contributed by atoms with E-state index in [0.29, 0.717) is 18.4 Å². The van der Waals surface area contributed by atoms with Crippen LogP contribution >= 0.6 is 0 Å². The summed E-state index contributed by atoms with van der Waals surface area (Å²) in [4.78, 5) is 14.5. The van der Waals surface area contributed by atoms with Crippen molar-refractivity contribution in [2.75, 3.05) is 16.8 Å². The molecule has 104 valence electrons. The summed E-state index contributed by atoms with van der Waals surface area (Å²) in [5, 5.41) is 13.9. The SMILES string of the molecule is Cc1cnc(NC2CCS(=O)(=O)CC2)c([N+](=O)[O-])c1. The van der Waals surface area contributed by atoms with Crippen LogP contribution in [-0.2, 0) is 9.84 Å². The highest BCUT2D eigenvalue weighted by Gasteiger charge is 2.26. The molecule has 1 aromatic rings. The number of nitrogens with zero attached hydrogens (tertiary/aromatic N) is 2. The van der Waals surface area contributed by atoms with Crippen LogP contribution < -0.4 is 5.32 Å². The zero-order valence-corrected chi connectivity index (χ0v) is 11.3. The van der Waals surface area contributed by atoms with Crippen molar-refractivity contribution >= 4 is 21.3 Å². The van der Waals surface area contributed by atoms with E-state index in [-0.39, 0.29) is 29.1 Å². The molecule has 0 amide bonds. The molecule has 2 heterocycles. The van der Waals surface area contributed by atoms with E-state index in [4.69, 9.17) is 0 Å². The maximum Gasteiger partial charge on any atom is 0.311 e. The third kappa shape index (κ3) is 3.40. The largest absolute Gasteiger partial charge is 0.362 e. The van der Waals surface area contributed by atoms with Crippen molar-refractivity contribution in [2.24, 2.45) is 0 Å². The van der Waals surface area contributed by atoms with Gasteiger partial charge in [0, 0.05) is 18.3 Å². The fourth-order valence-corrected chi connectivity index (χ4v) is 3.52. The Labute approximate surface area is 111 Å². The molecule has 0 saturated carbocycles. The number of nitrogens with one attached hydrogen (secondary N) is 1. The zero-order valence-electron chi connectivity index (χ0n) is 10.5. The average Bonchev–Trinajstić information content (AvgIpc) is 2.33. The van der Waals surface area contributed by atoms with Crippen LogP contribution in [0, 0.1) is 17.0 Å². The van der Waals surface area contributed by atoms with Crippen LogP contribution in [0.3, 0.4) is 0 Å². The molecule has 1 N–H and O–H groups in total. The molecule has 1 saturated heterocycles. The number of aromatic nitrogens is 1. The lowest BCUT2D eigenvalue weighted by Crippen LogP contribution is -2.32. The van der Waals surface area contributed by atoms with Gasteiger partial charge in [-0.2, -0.15) is 0 Å². The van der Waals surface area contributed by atoms with Gasteiger partial charge in [-0.3, -0.25) is 10.1 Å². The van der Waals surface area contributed by atoms with Gasteiger partial charge in [-0.15, -0.1) is 0 Å².